The van der Waals surface area contributed by atoms with Crippen LogP contribution in [0.4, 0.5) is 0 Å². The molecule has 2 aromatic rings. The molecule has 0 aliphatic heterocycles. The third-order valence-corrected chi connectivity index (χ3v) is 2.77. The lowest BCUT2D eigenvalue weighted by Crippen LogP contribution is -2.08. The summed E-state index contributed by atoms with van der Waals surface area (Å²) in [5, 5.41) is 18.2. The molecule has 7 nitrogen and oxygen atoms in total. The van der Waals surface area contributed by atoms with Crippen molar-refractivity contribution in [2.24, 2.45) is 0 Å². The van der Waals surface area contributed by atoms with Crippen LogP contribution in [-0.2, 0) is 16.1 Å². The molecule has 0 spiro atoms. The van der Waals surface area contributed by atoms with Crippen LogP contribution in [0.1, 0.15) is 11.1 Å². The Labute approximate surface area is 132 Å². The summed E-state index contributed by atoms with van der Waals surface area (Å²) >= 11 is 0. The molecule has 0 amide bonds. The zero-order chi connectivity index (χ0) is 16.5. The minimum Gasteiger partial charge on any atom is -0.473 e. The zero-order valence-corrected chi connectivity index (χ0v) is 12.1. The van der Waals surface area contributed by atoms with E-state index < -0.39 is 0 Å². The third-order valence-electron chi connectivity index (χ3n) is 2.77. The summed E-state index contributed by atoms with van der Waals surface area (Å²) in [5.41, 5.74) is 0.950. The summed E-state index contributed by atoms with van der Waals surface area (Å²) in [6.07, 6.45) is 0. The number of aliphatic hydroxyl groups excluding tert-OH is 1. The Hall–Kier alpha value is -3.11. The van der Waals surface area contributed by atoms with Crippen LogP contribution in [0.15, 0.2) is 36.4 Å². The lowest BCUT2D eigenvalue weighted by Gasteiger charge is -2.09. The molecular formula is C16H14N2O5. The SMILES string of the molecule is N#Cc1ccc(Oc2cccc(CO)c2)nc1OCCOC=O. The van der Waals surface area contributed by atoms with E-state index in [0.717, 1.165) is 0 Å². The summed E-state index contributed by atoms with van der Waals surface area (Å²) in [7, 11) is 0. The fourth-order valence-corrected chi connectivity index (χ4v) is 1.74. The van der Waals surface area contributed by atoms with Gasteiger partial charge in [0.15, 0.2) is 0 Å². The van der Waals surface area contributed by atoms with Gasteiger partial charge in [0.25, 0.3) is 6.47 Å². The number of hydrogen-bond acceptors (Lipinski definition) is 7. The van der Waals surface area contributed by atoms with Gasteiger partial charge in [-0.1, -0.05) is 12.1 Å². The number of pyridine rings is 1. The molecule has 0 fully saturated rings. The maximum absolute atomic E-state index is 10.1. The summed E-state index contributed by atoms with van der Waals surface area (Å²) in [6.45, 7) is 0.350. The molecule has 2 rings (SSSR count). The number of carbonyl (C=O) groups excluding carboxylic acids is 1. The molecule has 1 N–H and O–H groups in total. The number of nitriles is 1. The number of nitrogens with zero attached hydrogens (tertiary/aromatic N) is 2. The van der Waals surface area contributed by atoms with Gasteiger partial charge in [0.1, 0.15) is 30.6 Å². The smallest absolute Gasteiger partial charge is 0.293 e. The van der Waals surface area contributed by atoms with Gasteiger partial charge in [-0.2, -0.15) is 10.2 Å². The molecule has 1 heterocycles. The van der Waals surface area contributed by atoms with Crippen molar-refractivity contribution in [1.29, 1.82) is 5.26 Å². The third kappa shape index (κ3) is 4.69. The van der Waals surface area contributed by atoms with Crippen molar-refractivity contribution in [3.05, 3.63) is 47.5 Å². The van der Waals surface area contributed by atoms with Crippen molar-refractivity contribution in [2.45, 2.75) is 6.61 Å². The number of aliphatic hydroxyl groups is 1. The molecule has 0 unspecified atom stereocenters. The number of ether oxygens (including phenoxy) is 3. The van der Waals surface area contributed by atoms with Gasteiger partial charge in [0, 0.05) is 6.07 Å². The highest BCUT2D eigenvalue weighted by Gasteiger charge is 2.09. The summed E-state index contributed by atoms with van der Waals surface area (Å²) in [4.78, 5) is 14.2. The molecule has 1 aromatic carbocycles. The van der Waals surface area contributed by atoms with Gasteiger partial charge in [-0.3, -0.25) is 4.79 Å². The Kier molecular flexibility index (Phi) is 5.91. The molecular weight excluding hydrogens is 300 g/mol. The van der Waals surface area contributed by atoms with Gasteiger partial charge in [-0.15, -0.1) is 0 Å². The van der Waals surface area contributed by atoms with E-state index in [0.29, 0.717) is 17.8 Å². The van der Waals surface area contributed by atoms with Gasteiger partial charge in [0.05, 0.1) is 6.61 Å². The van der Waals surface area contributed by atoms with Crippen LogP contribution in [0.5, 0.6) is 17.5 Å². The molecule has 0 aliphatic carbocycles. The molecule has 7 heteroatoms. The van der Waals surface area contributed by atoms with E-state index in [2.05, 4.69) is 9.72 Å². The number of rotatable bonds is 8. The molecule has 0 radical (unpaired) electrons. The monoisotopic (exact) mass is 314 g/mol. The highest BCUT2D eigenvalue weighted by atomic mass is 16.6. The normalized spacial score (nSPS) is 9.74. The number of carbonyl (C=O) groups is 1. The van der Waals surface area contributed by atoms with Crippen molar-refractivity contribution < 1.29 is 24.1 Å². The zero-order valence-electron chi connectivity index (χ0n) is 12.1. The van der Waals surface area contributed by atoms with E-state index in [1.165, 1.54) is 6.07 Å². The molecule has 23 heavy (non-hydrogen) atoms. The predicted molar refractivity (Wildman–Crippen MR) is 78.9 cm³/mol. The van der Waals surface area contributed by atoms with Crippen LogP contribution < -0.4 is 9.47 Å². The van der Waals surface area contributed by atoms with Crippen molar-refractivity contribution in [1.82, 2.24) is 4.98 Å². The minimum absolute atomic E-state index is 0.0552. The summed E-state index contributed by atoms with van der Waals surface area (Å²) < 4.78 is 15.4. The quantitative estimate of drug-likeness (QED) is 0.585. The van der Waals surface area contributed by atoms with Crippen LogP contribution in [0.25, 0.3) is 0 Å². The van der Waals surface area contributed by atoms with Crippen molar-refractivity contribution in [3.8, 4) is 23.6 Å². The van der Waals surface area contributed by atoms with Crippen molar-refractivity contribution >= 4 is 6.47 Å². The van der Waals surface area contributed by atoms with Crippen LogP contribution >= 0.6 is 0 Å². The molecule has 118 valence electrons. The van der Waals surface area contributed by atoms with Gasteiger partial charge < -0.3 is 19.3 Å². The van der Waals surface area contributed by atoms with Crippen LogP contribution in [0, 0.1) is 11.3 Å². The summed E-state index contributed by atoms with van der Waals surface area (Å²) in [6, 6.07) is 11.9. The number of aromatic nitrogens is 1. The molecule has 0 saturated heterocycles. The summed E-state index contributed by atoms with van der Waals surface area (Å²) in [5.74, 6) is 0.840. The lowest BCUT2D eigenvalue weighted by molar-refractivity contribution is -0.129. The van der Waals surface area contributed by atoms with E-state index in [9.17, 15) is 4.79 Å². The van der Waals surface area contributed by atoms with Gasteiger partial charge in [-0.25, -0.2) is 0 Å². The lowest BCUT2D eigenvalue weighted by atomic mass is 10.2. The Bertz CT molecular complexity index is 712. The Balaban J connectivity index is 2.12. The average molecular weight is 314 g/mol. The molecule has 0 aliphatic rings. The molecule has 0 saturated carbocycles. The first-order valence-electron chi connectivity index (χ1n) is 6.73. The number of hydrogen-bond donors (Lipinski definition) is 1. The molecule has 0 bridgehead atoms. The standard InChI is InChI=1S/C16H14N2O5/c17-9-13-4-5-15(18-16(13)22-7-6-21-11-20)23-14-3-1-2-12(8-14)10-19/h1-5,8,11,19H,6-7,10H2. The Morgan fingerprint density at radius 1 is 1.26 bits per heavy atom. The maximum atomic E-state index is 10.1. The second-order valence-corrected chi connectivity index (χ2v) is 4.34. The number of benzene rings is 1. The highest BCUT2D eigenvalue weighted by molar-refractivity contribution is 5.41. The van der Waals surface area contributed by atoms with Crippen molar-refractivity contribution in [3.63, 3.8) is 0 Å². The Morgan fingerprint density at radius 2 is 2.13 bits per heavy atom. The second-order valence-electron chi connectivity index (χ2n) is 4.34. The molecule has 0 atom stereocenters. The highest BCUT2D eigenvalue weighted by Crippen LogP contribution is 2.24. The van der Waals surface area contributed by atoms with E-state index in [1.54, 1.807) is 30.3 Å². The Morgan fingerprint density at radius 3 is 2.87 bits per heavy atom. The second kappa shape index (κ2) is 8.36. The first kappa shape index (κ1) is 16.3. The van der Waals surface area contributed by atoms with E-state index in [-0.39, 0.29) is 37.1 Å². The van der Waals surface area contributed by atoms with E-state index in [1.807, 2.05) is 6.07 Å². The fourth-order valence-electron chi connectivity index (χ4n) is 1.74. The average Bonchev–Trinajstić information content (AvgIpc) is 2.59. The predicted octanol–water partition coefficient (Wildman–Crippen LogP) is 1.79. The van der Waals surface area contributed by atoms with Gasteiger partial charge >= 0.3 is 0 Å². The van der Waals surface area contributed by atoms with Gasteiger partial charge in [-0.05, 0) is 23.8 Å². The first-order valence-corrected chi connectivity index (χ1v) is 6.73. The minimum atomic E-state index is -0.0942. The largest absolute Gasteiger partial charge is 0.473 e. The first-order chi connectivity index (χ1) is 11.3. The fraction of sp³-hybridized carbons (Fsp3) is 0.188. The van der Waals surface area contributed by atoms with Crippen LogP contribution in [0.3, 0.4) is 0 Å². The molecule has 1 aromatic heterocycles. The maximum Gasteiger partial charge on any atom is 0.293 e. The van der Waals surface area contributed by atoms with Crippen molar-refractivity contribution in [2.75, 3.05) is 13.2 Å². The van der Waals surface area contributed by atoms with Crippen LogP contribution in [-0.4, -0.2) is 29.8 Å². The van der Waals surface area contributed by atoms with Gasteiger partial charge in [0.2, 0.25) is 11.8 Å². The van der Waals surface area contributed by atoms with E-state index in [4.69, 9.17) is 19.8 Å². The van der Waals surface area contributed by atoms with Crippen LogP contribution in [0.2, 0.25) is 0 Å². The topological polar surface area (TPSA) is 102 Å². The van der Waals surface area contributed by atoms with E-state index >= 15 is 0 Å².